The predicted molar refractivity (Wildman–Crippen MR) is 90.6 cm³/mol. The summed E-state index contributed by atoms with van der Waals surface area (Å²) in [6, 6.07) is 1.88. The minimum Gasteiger partial charge on any atom is -0.316 e. The molecule has 1 heterocycles. The molecule has 3 fully saturated rings. The molecule has 2 nitrogen and oxygen atoms in total. The first-order valence-electron chi connectivity index (χ1n) is 9.83. The van der Waals surface area contributed by atoms with E-state index in [1.54, 1.807) is 0 Å². The zero-order valence-electron chi connectivity index (χ0n) is 14.2. The van der Waals surface area contributed by atoms with Crippen LogP contribution in [0.15, 0.2) is 0 Å². The molecule has 3 unspecified atom stereocenters. The highest BCUT2D eigenvalue weighted by molar-refractivity contribution is 4.91. The third-order valence-corrected chi connectivity index (χ3v) is 6.11. The molecule has 0 aromatic rings. The van der Waals surface area contributed by atoms with Crippen LogP contribution in [0.5, 0.6) is 0 Å². The van der Waals surface area contributed by atoms with E-state index in [1.807, 2.05) is 0 Å². The second-order valence-corrected chi connectivity index (χ2v) is 7.96. The van der Waals surface area contributed by atoms with Crippen molar-refractivity contribution >= 4 is 0 Å². The number of rotatable bonds is 6. The molecule has 0 amide bonds. The lowest BCUT2D eigenvalue weighted by molar-refractivity contribution is 0.131. The first-order valence-corrected chi connectivity index (χ1v) is 9.83. The first-order chi connectivity index (χ1) is 10.4. The zero-order chi connectivity index (χ0) is 14.5. The van der Waals surface area contributed by atoms with Crippen molar-refractivity contribution in [2.24, 2.45) is 11.8 Å². The SMILES string of the molecule is CCCC1CCCC(N(CC2CCCNC2)C2CC2)CC1. The van der Waals surface area contributed by atoms with Crippen LogP contribution in [0.2, 0.25) is 0 Å². The number of hydrogen-bond acceptors (Lipinski definition) is 2. The Kier molecular flexibility index (Phi) is 5.99. The Bertz CT molecular complexity index is 294. The summed E-state index contributed by atoms with van der Waals surface area (Å²) in [7, 11) is 0. The highest BCUT2D eigenvalue weighted by Gasteiger charge is 2.36. The van der Waals surface area contributed by atoms with E-state index >= 15 is 0 Å². The standard InChI is InChI=1S/C19H36N2/c1-2-5-16-6-3-8-18(10-9-16)21(19-11-12-19)15-17-7-4-13-20-14-17/h16-20H,2-15H2,1H3. The van der Waals surface area contributed by atoms with Crippen molar-refractivity contribution in [3.8, 4) is 0 Å². The Morgan fingerprint density at radius 3 is 2.33 bits per heavy atom. The second-order valence-electron chi connectivity index (χ2n) is 7.96. The summed E-state index contributed by atoms with van der Waals surface area (Å²) in [6.07, 6.45) is 16.1. The number of hydrogen-bond donors (Lipinski definition) is 1. The maximum absolute atomic E-state index is 3.61. The summed E-state index contributed by atoms with van der Waals surface area (Å²) in [5.41, 5.74) is 0. The van der Waals surface area contributed by atoms with Gasteiger partial charge in [-0.15, -0.1) is 0 Å². The molecule has 3 rings (SSSR count). The van der Waals surface area contributed by atoms with Gasteiger partial charge < -0.3 is 5.32 Å². The molecule has 3 aliphatic rings. The highest BCUT2D eigenvalue weighted by Crippen LogP contribution is 2.36. The summed E-state index contributed by atoms with van der Waals surface area (Å²) < 4.78 is 0. The van der Waals surface area contributed by atoms with Gasteiger partial charge in [0, 0.05) is 18.6 Å². The fraction of sp³-hybridized carbons (Fsp3) is 1.00. The first kappa shape index (κ1) is 15.8. The van der Waals surface area contributed by atoms with Gasteiger partial charge in [-0.1, -0.05) is 32.6 Å². The van der Waals surface area contributed by atoms with Crippen LogP contribution in [0, 0.1) is 11.8 Å². The topological polar surface area (TPSA) is 15.3 Å². The van der Waals surface area contributed by atoms with Gasteiger partial charge in [0.25, 0.3) is 0 Å². The summed E-state index contributed by atoms with van der Waals surface area (Å²) >= 11 is 0. The maximum atomic E-state index is 3.61. The van der Waals surface area contributed by atoms with E-state index in [4.69, 9.17) is 0 Å². The highest BCUT2D eigenvalue weighted by atomic mass is 15.2. The minimum absolute atomic E-state index is 0.918. The minimum atomic E-state index is 0.918. The molecule has 1 saturated heterocycles. The fourth-order valence-electron chi connectivity index (χ4n) is 4.77. The van der Waals surface area contributed by atoms with Crippen LogP contribution in [0.4, 0.5) is 0 Å². The molecule has 0 radical (unpaired) electrons. The number of piperidine rings is 1. The zero-order valence-corrected chi connectivity index (χ0v) is 14.2. The lowest BCUT2D eigenvalue weighted by Crippen LogP contribution is -2.44. The van der Waals surface area contributed by atoms with E-state index in [9.17, 15) is 0 Å². The largest absolute Gasteiger partial charge is 0.316 e. The molecule has 0 aromatic heterocycles. The van der Waals surface area contributed by atoms with Crippen LogP contribution in [0.3, 0.4) is 0 Å². The summed E-state index contributed by atoms with van der Waals surface area (Å²) in [6.45, 7) is 6.27. The molecule has 2 saturated carbocycles. The van der Waals surface area contributed by atoms with Gasteiger partial charge in [0.15, 0.2) is 0 Å². The Hall–Kier alpha value is -0.0800. The molecule has 122 valence electrons. The van der Waals surface area contributed by atoms with Crippen LogP contribution < -0.4 is 5.32 Å². The molecule has 21 heavy (non-hydrogen) atoms. The molecule has 2 heteroatoms. The monoisotopic (exact) mass is 292 g/mol. The van der Waals surface area contributed by atoms with Crippen LogP contribution in [0.25, 0.3) is 0 Å². The van der Waals surface area contributed by atoms with Gasteiger partial charge in [-0.25, -0.2) is 0 Å². The van der Waals surface area contributed by atoms with Gasteiger partial charge in [0.1, 0.15) is 0 Å². The lowest BCUT2D eigenvalue weighted by atomic mass is 9.95. The summed E-state index contributed by atoms with van der Waals surface area (Å²) in [4.78, 5) is 2.96. The van der Waals surface area contributed by atoms with E-state index in [0.29, 0.717) is 0 Å². The van der Waals surface area contributed by atoms with Crippen molar-refractivity contribution in [1.29, 1.82) is 0 Å². The van der Waals surface area contributed by atoms with E-state index in [2.05, 4.69) is 17.1 Å². The maximum Gasteiger partial charge on any atom is 0.00994 e. The average molecular weight is 293 g/mol. The van der Waals surface area contributed by atoms with Crippen LogP contribution in [-0.4, -0.2) is 36.6 Å². The summed E-state index contributed by atoms with van der Waals surface area (Å²) in [5, 5.41) is 3.61. The van der Waals surface area contributed by atoms with Crippen molar-refractivity contribution in [3.63, 3.8) is 0 Å². The second kappa shape index (κ2) is 7.97. The molecule has 1 N–H and O–H groups in total. The Morgan fingerprint density at radius 1 is 0.857 bits per heavy atom. The van der Waals surface area contributed by atoms with Crippen molar-refractivity contribution in [3.05, 3.63) is 0 Å². The van der Waals surface area contributed by atoms with E-state index in [1.165, 1.54) is 90.3 Å². The normalized spacial score (nSPS) is 34.9. The smallest absolute Gasteiger partial charge is 0.00994 e. The third-order valence-electron chi connectivity index (χ3n) is 6.11. The third kappa shape index (κ3) is 4.69. The van der Waals surface area contributed by atoms with Gasteiger partial charge in [-0.3, -0.25) is 4.90 Å². The number of nitrogens with one attached hydrogen (secondary N) is 1. The molecule has 0 spiro atoms. The Balaban J connectivity index is 1.53. The van der Waals surface area contributed by atoms with Gasteiger partial charge in [-0.05, 0) is 69.9 Å². The van der Waals surface area contributed by atoms with E-state index in [-0.39, 0.29) is 0 Å². The molecular weight excluding hydrogens is 256 g/mol. The summed E-state index contributed by atoms with van der Waals surface area (Å²) in [5.74, 6) is 1.96. The molecular formula is C19H36N2. The lowest BCUT2D eigenvalue weighted by Gasteiger charge is -2.36. The predicted octanol–water partition coefficient (Wildman–Crippen LogP) is 4.20. The molecule has 3 atom stereocenters. The van der Waals surface area contributed by atoms with E-state index in [0.717, 1.165) is 23.9 Å². The molecule has 0 bridgehead atoms. The van der Waals surface area contributed by atoms with Gasteiger partial charge in [0.2, 0.25) is 0 Å². The van der Waals surface area contributed by atoms with E-state index < -0.39 is 0 Å². The van der Waals surface area contributed by atoms with Crippen LogP contribution in [0.1, 0.15) is 77.6 Å². The van der Waals surface area contributed by atoms with Crippen LogP contribution >= 0.6 is 0 Å². The molecule has 0 aromatic carbocycles. The molecule has 1 aliphatic heterocycles. The van der Waals surface area contributed by atoms with Gasteiger partial charge in [-0.2, -0.15) is 0 Å². The van der Waals surface area contributed by atoms with Crippen molar-refractivity contribution in [2.45, 2.75) is 89.6 Å². The quantitative estimate of drug-likeness (QED) is 0.738. The van der Waals surface area contributed by atoms with Crippen molar-refractivity contribution in [1.82, 2.24) is 10.2 Å². The van der Waals surface area contributed by atoms with Gasteiger partial charge >= 0.3 is 0 Å². The fourth-order valence-corrected chi connectivity index (χ4v) is 4.77. The van der Waals surface area contributed by atoms with Crippen LogP contribution in [-0.2, 0) is 0 Å². The molecule has 2 aliphatic carbocycles. The Labute approximate surface area is 132 Å². The van der Waals surface area contributed by atoms with Crippen molar-refractivity contribution in [2.75, 3.05) is 19.6 Å². The average Bonchev–Trinajstić information content (AvgIpc) is 3.34. The van der Waals surface area contributed by atoms with Crippen molar-refractivity contribution < 1.29 is 0 Å². The number of nitrogens with zero attached hydrogens (tertiary/aromatic N) is 1. The van der Waals surface area contributed by atoms with Gasteiger partial charge in [0.05, 0.1) is 0 Å². The Morgan fingerprint density at radius 2 is 1.62 bits per heavy atom.